The third kappa shape index (κ3) is 5.73. The average Bonchev–Trinajstić information content (AvgIpc) is 3.16. The summed E-state index contributed by atoms with van der Waals surface area (Å²) in [6.45, 7) is 4.11. The summed E-state index contributed by atoms with van der Waals surface area (Å²) in [6.07, 6.45) is 4.18. The van der Waals surface area contributed by atoms with Crippen molar-refractivity contribution in [2.75, 3.05) is 6.61 Å². The second kappa shape index (κ2) is 10.8. The van der Waals surface area contributed by atoms with Crippen molar-refractivity contribution in [1.29, 1.82) is 0 Å². The predicted octanol–water partition coefficient (Wildman–Crippen LogP) is 4.48. The van der Waals surface area contributed by atoms with Crippen LogP contribution in [0.5, 0.6) is 0 Å². The molecule has 2 aromatic carbocycles. The molecule has 3 atom stereocenters. The topological polar surface area (TPSA) is 105 Å². The van der Waals surface area contributed by atoms with Crippen molar-refractivity contribution in [3.63, 3.8) is 0 Å². The first-order valence-electron chi connectivity index (χ1n) is 12.1. The highest BCUT2D eigenvalue weighted by Gasteiger charge is 2.31. The van der Waals surface area contributed by atoms with Crippen molar-refractivity contribution in [2.24, 2.45) is 11.8 Å². The third-order valence-corrected chi connectivity index (χ3v) is 6.66. The number of carbonyl (C=O) groups is 3. The molecule has 0 saturated carbocycles. The van der Waals surface area contributed by atoms with Gasteiger partial charge in [0.2, 0.25) is 5.91 Å². The Labute approximate surface area is 205 Å². The average molecular weight is 477 g/mol. The maximum atomic E-state index is 13.0. The second-order valence-corrected chi connectivity index (χ2v) is 9.70. The molecule has 7 nitrogen and oxygen atoms in total. The second-order valence-electron chi connectivity index (χ2n) is 9.70. The number of benzene rings is 2. The van der Waals surface area contributed by atoms with Crippen molar-refractivity contribution in [3.8, 4) is 11.1 Å². The summed E-state index contributed by atoms with van der Waals surface area (Å²) in [4.78, 5) is 37.1. The maximum Gasteiger partial charge on any atom is 0.407 e. The number of ether oxygens (including phenoxy) is 1. The molecule has 3 N–H and O–H groups in total. The molecule has 0 saturated heterocycles. The summed E-state index contributed by atoms with van der Waals surface area (Å²) in [5.74, 6) is -1.64. The van der Waals surface area contributed by atoms with Crippen LogP contribution in [0.4, 0.5) is 4.79 Å². The zero-order valence-corrected chi connectivity index (χ0v) is 20.1. The Morgan fingerprint density at radius 3 is 2.26 bits per heavy atom. The predicted molar refractivity (Wildman–Crippen MR) is 133 cm³/mol. The number of fused-ring (bicyclic) bond motifs is 3. The number of aliphatic carboxylic acids is 1. The van der Waals surface area contributed by atoms with Crippen LogP contribution in [0.25, 0.3) is 11.1 Å². The van der Waals surface area contributed by atoms with Gasteiger partial charge in [-0.1, -0.05) is 74.5 Å². The van der Waals surface area contributed by atoms with E-state index in [0.29, 0.717) is 19.3 Å². The fourth-order valence-electron chi connectivity index (χ4n) is 4.97. The van der Waals surface area contributed by atoms with Gasteiger partial charge in [0.1, 0.15) is 12.6 Å². The van der Waals surface area contributed by atoms with E-state index in [2.05, 4.69) is 34.9 Å². The van der Waals surface area contributed by atoms with Crippen LogP contribution in [0.1, 0.15) is 50.2 Å². The molecule has 4 rings (SSSR count). The van der Waals surface area contributed by atoms with E-state index in [1.54, 1.807) is 6.08 Å². The monoisotopic (exact) mass is 476 g/mol. The van der Waals surface area contributed by atoms with Crippen LogP contribution in [0.3, 0.4) is 0 Å². The van der Waals surface area contributed by atoms with Gasteiger partial charge in [0.25, 0.3) is 0 Å². The number of rotatable bonds is 8. The van der Waals surface area contributed by atoms with Crippen molar-refractivity contribution in [3.05, 3.63) is 71.8 Å². The molecule has 0 heterocycles. The summed E-state index contributed by atoms with van der Waals surface area (Å²) in [5, 5.41) is 14.9. The van der Waals surface area contributed by atoms with Crippen LogP contribution in [0.2, 0.25) is 0 Å². The van der Waals surface area contributed by atoms with E-state index < -0.39 is 24.0 Å². The molecule has 0 bridgehead atoms. The lowest BCUT2D eigenvalue weighted by atomic mass is 9.91. The van der Waals surface area contributed by atoms with Crippen LogP contribution in [-0.2, 0) is 14.3 Å². The van der Waals surface area contributed by atoms with Crippen LogP contribution < -0.4 is 10.6 Å². The number of alkyl carbamates (subject to hydrolysis) is 1. The Kier molecular flexibility index (Phi) is 7.54. The van der Waals surface area contributed by atoms with Gasteiger partial charge in [-0.15, -0.1) is 0 Å². The van der Waals surface area contributed by atoms with Gasteiger partial charge in [-0.05, 0) is 47.4 Å². The number of nitrogens with one attached hydrogen (secondary N) is 2. The number of amides is 2. The normalized spacial score (nSPS) is 19.5. The largest absolute Gasteiger partial charge is 0.481 e. The Bertz CT molecular complexity index is 1080. The maximum absolute atomic E-state index is 13.0. The Morgan fingerprint density at radius 1 is 1.03 bits per heavy atom. The fourth-order valence-corrected chi connectivity index (χ4v) is 4.97. The van der Waals surface area contributed by atoms with Crippen molar-refractivity contribution in [2.45, 2.75) is 51.1 Å². The van der Waals surface area contributed by atoms with Crippen molar-refractivity contribution in [1.82, 2.24) is 10.6 Å². The Hall–Kier alpha value is -3.61. The molecule has 2 aliphatic rings. The quantitative estimate of drug-likeness (QED) is 0.488. The van der Waals surface area contributed by atoms with Gasteiger partial charge in [0.15, 0.2) is 0 Å². The minimum Gasteiger partial charge on any atom is -0.481 e. The van der Waals surface area contributed by atoms with Gasteiger partial charge < -0.3 is 20.5 Å². The standard InChI is InChI=1S/C28H32N2O5/c1-17(2)14-25(26(31)29-19-9-7-8-18(15-19)27(32)33)30-28(34)35-16-24-22-12-5-3-10-20(22)21-11-4-6-13-23(21)24/h3-7,9-13,17-19,24-25H,8,14-16H2,1-2H3,(H,29,31)(H,30,34)(H,32,33)/t18?,19?,25-/m1/s1. The lowest BCUT2D eigenvalue weighted by molar-refractivity contribution is -0.142. The van der Waals surface area contributed by atoms with E-state index in [1.165, 1.54) is 0 Å². The minimum atomic E-state index is -0.871. The Balaban J connectivity index is 1.38. The lowest BCUT2D eigenvalue weighted by Gasteiger charge is -2.26. The summed E-state index contributed by atoms with van der Waals surface area (Å²) >= 11 is 0. The highest BCUT2D eigenvalue weighted by Crippen LogP contribution is 2.44. The Morgan fingerprint density at radius 2 is 1.66 bits per heavy atom. The molecule has 2 aromatic rings. The van der Waals surface area contributed by atoms with Gasteiger partial charge >= 0.3 is 12.1 Å². The molecule has 2 amide bonds. The first-order chi connectivity index (χ1) is 16.8. The minimum absolute atomic E-state index is 0.0640. The van der Waals surface area contributed by atoms with Crippen LogP contribution in [-0.4, -0.2) is 41.8 Å². The molecule has 184 valence electrons. The van der Waals surface area contributed by atoms with Crippen LogP contribution in [0, 0.1) is 11.8 Å². The molecule has 0 aromatic heterocycles. The van der Waals surface area contributed by atoms with E-state index in [1.807, 2.05) is 44.2 Å². The zero-order valence-electron chi connectivity index (χ0n) is 20.1. The number of carbonyl (C=O) groups excluding carboxylic acids is 2. The van der Waals surface area contributed by atoms with Crippen molar-refractivity contribution < 1.29 is 24.2 Å². The smallest absolute Gasteiger partial charge is 0.407 e. The molecule has 7 heteroatoms. The highest BCUT2D eigenvalue weighted by molar-refractivity contribution is 5.86. The summed E-state index contributed by atoms with van der Waals surface area (Å²) in [5.41, 5.74) is 4.54. The number of carboxylic acid groups (broad SMARTS) is 1. The molecule has 0 spiro atoms. The molecule has 2 unspecified atom stereocenters. The molecule has 0 fully saturated rings. The summed E-state index contributed by atoms with van der Waals surface area (Å²) in [6, 6.07) is 15.1. The third-order valence-electron chi connectivity index (χ3n) is 6.66. The number of carboxylic acids is 1. The van der Waals surface area contributed by atoms with E-state index in [0.717, 1.165) is 22.3 Å². The van der Waals surface area contributed by atoms with E-state index in [4.69, 9.17) is 4.74 Å². The highest BCUT2D eigenvalue weighted by atomic mass is 16.5. The molecular weight excluding hydrogens is 444 g/mol. The van der Waals surface area contributed by atoms with Crippen LogP contribution >= 0.6 is 0 Å². The van der Waals surface area contributed by atoms with Gasteiger partial charge in [0, 0.05) is 12.0 Å². The molecule has 35 heavy (non-hydrogen) atoms. The molecule has 2 aliphatic carbocycles. The first-order valence-corrected chi connectivity index (χ1v) is 12.1. The number of allylic oxidation sites excluding steroid dienone is 1. The molecule has 0 aliphatic heterocycles. The summed E-state index contributed by atoms with van der Waals surface area (Å²) in [7, 11) is 0. The lowest BCUT2D eigenvalue weighted by Crippen LogP contribution is -2.50. The summed E-state index contributed by atoms with van der Waals surface area (Å²) < 4.78 is 5.62. The SMILES string of the molecule is CC(C)C[C@@H](NC(=O)OCC1c2ccccc2-c2ccccc21)C(=O)NC1C=CCC(C(=O)O)C1. The van der Waals surface area contributed by atoms with Gasteiger partial charge in [0.05, 0.1) is 5.92 Å². The van der Waals surface area contributed by atoms with Gasteiger partial charge in [-0.2, -0.15) is 0 Å². The van der Waals surface area contributed by atoms with E-state index >= 15 is 0 Å². The van der Waals surface area contributed by atoms with Crippen LogP contribution in [0.15, 0.2) is 60.7 Å². The molecular formula is C28H32N2O5. The fraction of sp³-hybridized carbons (Fsp3) is 0.393. The van der Waals surface area contributed by atoms with Gasteiger partial charge in [-0.3, -0.25) is 9.59 Å². The van der Waals surface area contributed by atoms with Gasteiger partial charge in [-0.25, -0.2) is 4.79 Å². The van der Waals surface area contributed by atoms with E-state index in [9.17, 15) is 19.5 Å². The number of hydrogen-bond acceptors (Lipinski definition) is 4. The van der Waals surface area contributed by atoms with E-state index in [-0.39, 0.29) is 30.4 Å². The zero-order chi connectivity index (χ0) is 24.9. The molecule has 0 radical (unpaired) electrons. The van der Waals surface area contributed by atoms with Crippen molar-refractivity contribution >= 4 is 18.0 Å². The first kappa shape index (κ1) is 24.5. The number of hydrogen-bond donors (Lipinski definition) is 3.